The number of oxazole rings is 1. The third kappa shape index (κ3) is 4.79. The first kappa shape index (κ1) is 22.1. The molecule has 6 nitrogen and oxygen atoms in total. The van der Waals surface area contributed by atoms with E-state index in [1.807, 2.05) is 42.3 Å². The smallest absolute Gasteiger partial charge is 0.298 e. The first-order valence-electron chi connectivity index (χ1n) is 11.6. The lowest BCUT2D eigenvalue weighted by Crippen LogP contribution is -2.31. The zero-order chi connectivity index (χ0) is 23.5. The number of nitrogens with one attached hydrogen (secondary N) is 1. The number of benzene rings is 3. The molecule has 0 atom stereocenters. The number of likely N-dealkylation sites (N-methyl/N-ethyl adjacent to an activating group) is 1. The second kappa shape index (κ2) is 9.65. The van der Waals surface area contributed by atoms with E-state index in [-0.39, 0.29) is 5.56 Å². The van der Waals surface area contributed by atoms with Crippen LogP contribution < -0.4 is 10.2 Å². The highest BCUT2D eigenvalue weighted by Gasteiger charge is 2.17. The number of amides is 1. The van der Waals surface area contributed by atoms with Crippen molar-refractivity contribution in [2.45, 2.75) is 12.8 Å². The second-order valence-corrected chi connectivity index (χ2v) is 8.66. The van der Waals surface area contributed by atoms with Gasteiger partial charge < -0.3 is 19.5 Å². The minimum absolute atomic E-state index is 0.0118. The van der Waals surface area contributed by atoms with Gasteiger partial charge in [-0.2, -0.15) is 4.98 Å². The summed E-state index contributed by atoms with van der Waals surface area (Å²) in [6.45, 7) is 4.11. The first-order chi connectivity index (χ1) is 16.6. The number of carbonyl (C=O) groups is 1. The Bertz CT molecular complexity index is 1300. The monoisotopic (exact) mass is 458 g/mol. The van der Waals surface area contributed by atoms with Crippen molar-refractivity contribution in [3.63, 3.8) is 0 Å². The second-order valence-electron chi connectivity index (χ2n) is 8.66. The topological polar surface area (TPSA) is 61.6 Å². The van der Waals surface area contributed by atoms with Crippen LogP contribution in [0, 0.1) is 5.82 Å². The van der Waals surface area contributed by atoms with Crippen molar-refractivity contribution in [1.29, 1.82) is 0 Å². The van der Waals surface area contributed by atoms with E-state index in [1.165, 1.54) is 25.0 Å². The molecule has 0 unspecified atom stereocenters. The maximum absolute atomic E-state index is 14.7. The van der Waals surface area contributed by atoms with Crippen LogP contribution in [0.2, 0.25) is 0 Å². The molecule has 0 bridgehead atoms. The molecule has 1 fully saturated rings. The Labute approximate surface area is 198 Å². The molecule has 1 aliphatic rings. The molecule has 2 heterocycles. The average molecular weight is 459 g/mol. The Kier molecular flexibility index (Phi) is 6.27. The Hall–Kier alpha value is -3.71. The molecular weight excluding hydrogens is 431 g/mol. The molecule has 0 aliphatic carbocycles. The molecule has 5 rings (SSSR count). The van der Waals surface area contributed by atoms with Gasteiger partial charge >= 0.3 is 0 Å². The van der Waals surface area contributed by atoms with Gasteiger partial charge in [0.15, 0.2) is 5.58 Å². The minimum atomic E-state index is -0.566. The van der Waals surface area contributed by atoms with E-state index in [0.29, 0.717) is 22.8 Å². The SMILES string of the molecule is CN(CCN1CCCC1)c1nc2cc(NC(=O)c3ccc(-c4ccccc4)cc3F)ccc2o1. The van der Waals surface area contributed by atoms with Crippen LogP contribution in [0.15, 0.2) is 71.1 Å². The van der Waals surface area contributed by atoms with E-state index in [4.69, 9.17) is 4.42 Å². The summed E-state index contributed by atoms with van der Waals surface area (Å²) in [6.07, 6.45) is 2.53. The first-order valence-corrected chi connectivity index (χ1v) is 11.6. The van der Waals surface area contributed by atoms with Crippen molar-refractivity contribution in [2.24, 2.45) is 0 Å². The molecule has 1 N–H and O–H groups in total. The largest absolute Gasteiger partial charge is 0.423 e. The Morgan fingerprint density at radius 2 is 1.85 bits per heavy atom. The number of rotatable bonds is 7. The molecule has 0 radical (unpaired) electrons. The fourth-order valence-electron chi connectivity index (χ4n) is 4.26. The fourth-order valence-corrected chi connectivity index (χ4v) is 4.26. The maximum Gasteiger partial charge on any atom is 0.298 e. The van der Waals surface area contributed by atoms with E-state index in [2.05, 4.69) is 15.2 Å². The molecule has 174 valence electrons. The van der Waals surface area contributed by atoms with Gasteiger partial charge in [-0.3, -0.25) is 4.79 Å². The van der Waals surface area contributed by atoms with Crippen LogP contribution in [0.3, 0.4) is 0 Å². The molecule has 1 aromatic heterocycles. The van der Waals surface area contributed by atoms with Crippen LogP contribution in [0.1, 0.15) is 23.2 Å². The normalized spacial score (nSPS) is 13.9. The van der Waals surface area contributed by atoms with Gasteiger partial charge in [-0.25, -0.2) is 4.39 Å². The van der Waals surface area contributed by atoms with Gasteiger partial charge in [0.25, 0.3) is 11.9 Å². The van der Waals surface area contributed by atoms with E-state index in [0.717, 1.165) is 37.3 Å². The van der Waals surface area contributed by atoms with Gasteiger partial charge in [-0.1, -0.05) is 36.4 Å². The van der Waals surface area contributed by atoms with Crippen LogP contribution in [-0.2, 0) is 0 Å². The van der Waals surface area contributed by atoms with Gasteiger partial charge in [-0.15, -0.1) is 0 Å². The molecule has 1 amide bonds. The molecule has 1 saturated heterocycles. The maximum atomic E-state index is 14.7. The van der Waals surface area contributed by atoms with Crippen LogP contribution in [0.25, 0.3) is 22.2 Å². The van der Waals surface area contributed by atoms with Crippen molar-refractivity contribution in [2.75, 3.05) is 43.4 Å². The summed E-state index contributed by atoms with van der Waals surface area (Å²) < 4.78 is 20.6. The molecule has 0 saturated carbocycles. The number of aromatic nitrogens is 1. The van der Waals surface area contributed by atoms with Crippen molar-refractivity contribution in [3.05, 3.63) is 78.1 Å². The average Bonchev–Trinajstić information content (AvgIpc) is 3.52. The highest BCUT2D eigenvalue weighted by Crippen LogP contribution is 2.26. The molecule has 3 aromatic carbocycles. The van der Waals surface area contributed by atoms with Crippen LogP contribution in [0.4, 0.5) is 16.1 Å². The number of halogens is 1. The van der Waals surface area contributed by atoms with Gasteiger partial charge in [-0.05, 0) is 67.4 Å². The number of hydrogen-bond acceptors (Lipinski definition) is 5. The van der Waals surface area contributed by atoms with Crippen LogP contribution >= 0.6 is 0 Å². The lowest BCUT2D eigenvalue weighted by atomic mass is 10.0. The number of likely N-dealkylation sites (tertiary alicyclic amines) is 1. The predicted molar refractivity (Wildman–Crippen MR) is 133 cm³/mol. The molecule has 0 spiro atoms. The number of anilines is 2. The van der Waals surface area contributed by atoms with Crippen LogP contribution in [-0.4, -0.2) is 49.0 Å². The summed E-state index contributed by atoms with van der Waals surface area (Å²) in [5.74, 6) is -1.08. The van der Waals surface area contributed by atoms with Crippen molar-refractivity contribution >= 4 is 28.7 Å². The standard InChI is InChI=1S/C27H27FN4O2/c1-31(15-16-32-13-5-6-14-32)27-30-24-18-21(10-12-25(24)34-27)29-26(33)22-11-9-20(17-23(22)28)19-7-3-2-4-8-19/h2-4,7-12,17-18H,5-6,13-16H2,1H3,(H,29,33). The Morgan fingerprint density at radius 1 is 1.06 bits per heavy atom. The van der Waals surface area contributed by atoms with Gasteiger partial charge in [0, 0.05) is 25.8 Å². The minimum Gasteiger partial charge on any atom is -0.423 e. The summed E-state index contributed by atoms with van der Waals surface area (Å²) in [6, 6.07) is 19.9. The van der Waals surface area contributed by atoms with E-state index in [1.54, 1.807) is 24.3 Å². The molecule has 7 heteroatoms. The molecule has 34 heavy (non-hydrogen) atoms. The molecule has 1 aliphatic heterocycles. The number of fused-ring (bicyclic) bond motifs is 1. The van der Waals surface area contributed by atoms with E-state index >= 15 is 0 Å². The summed E-state index contributed by atoms with van der Waals surface area (Å²) in [5, 5.41) is 2.77. The lowest BCUT2D eigenvalue weighted by molar-refractivity contribution is 0.102. The molecular formula is C27H27FN4O2. The highest BCUT2D eigenvalue weighted by atomic mass is 19.1. The van der Waals surface area contributed by atoms with Gasteiger partial charge in [0.2, 0.25) is 0 Å². The Balaban J connectivity index is 1.27. The Morgan fingerprint density at radius 3 is 2.62 bits per heavy atom. The predicted octanol–water partition coefficient (Wildman–Crippen LogP) is 5.42. The highest BCUT2D eigenvalue weighted by molar-refractivity contribution is 6.05. The van der Waals surface area contributed by atoms with Crippen molar-refractivity contribution in [1.82, 2.24) is 9.88 Å². The molecule has 4 aromatic rings. The van der Waals surface area contributed by atoms with E-state index in [9.17, 15) is 9.18 Å². The van der Waals surface area contributed by atoms with Crippen LogP contribution in [0.5, 0.6) is 0 Å². The van der Waals surface area contributed by atoms with E-state index < -0.39 is 11.7 Å². The zero-order valence-corrected chi connectivity index (χ0v) is 19.1. The quantitative estimate of drug-likeness (QED) is 0.401. The lowest BCUT2D eigenvalue weighted by Gasteiger charge is -2.19. The number of carbonyl (C=O) groups excluding carboxylic acids is 1. The summed E-state index contributed by atoms with van der Waals surface area (Å²) >= 11 is 0. The summed E-state index contributed by atoms with van der Waals surface area (Å²) in [5.41, 5.74) is 3.41. The number of hydrogen-bond donors (Lipinski definition) is 1. The van der Waals surface area contributed by atoms with Gasteiger partial charge in [0.05, 0.1) is 5.56 Å². The van der Waals surface area contributed by atoms with Gasteiger partial charge in [0.1, 0.15) is 11.3 Å². The van der Waals surface area contributed by atoms with Crippen molar-refractivity contribution in [3.8, 4) is 11.1 Å². The fraction of sp³-hybridized carbons (Fsp3) is 0.259. The third-order valence-corrected chi connectivity index (χ3v) is 6.23. The summed E-state index contributed by atoms with van der Waals surface area (Å²) in [7, 11) is 1.96. The zero-order valence-electron chi connectivity index (χ0n) is 19.1. The summed E-state index contributed by atoms with van der Waals surface area (Å²) in [4.78, 5) is 21.8. The number of nitrogens with zero attached hydrogens (tertiary/aromatic N) is 3. The third-order valence-electron chi connectivity index (χ3n) is 6.23. The van der Waals surface area contributed by atoms with Crippen molar-refractivity contribution < 1.29 is 13.6 Å².